The van der Waals surface area contributed by atoms with Crippen molar-refractivity contribution in [2.24, 2.45) is 16.6 Å². The molecule has 2 nitrogen and oxygen atoms in total. The van der Waals surface area contributed by atoms with Crippen molar-refractivity contribution < 1.29 is 0 Å². The Bertz CT molecular complexity index is 221. The lowest BCUT2D eigenvalue weighted by Crippen LogP contribution is -2.40. The summed E-state index contributed by atoms with van der Waals surface area (Å²) in [6, 6.07) is 0. The van der Waals surface area contributed by atoms with E-state index >= 15 is 0 Å². The van der Waals surface area contributed by atoms with Crippen molar-refractivity contribution in [2.45, 2.75) is 59.8 Å². The fourth-order valence-corrected chi connectivity index (χ4v) is 2.78. The van der Waals surface area contributed by atoms with Crippen LogP contribution >= 0.6 is 0 Å². The van der Waals surface area contributed by atoms with Crippen LogP contribution in [0.4, 0.5) is 0 Å². The Kier molecular flexibility index (Phi) is 5.46. The highest BCUT2D eigenvalue weighted by Crippen LogP contribution is 2.28. The molecule has 102 valence electrons. The van der Waals surface area contributed by atoms with Crippen LogP contribution in [0.15, 0.2) is 0 Å². The lowest BCUT2D eigenvalue weighted by molar-refractivity contribution is 0.115. The molecule has 0 bridgehead atoms. The van der Waals surface area contributed by atoms with Crippen molar-refractivity contribution in [1.82, 2.24) is 4.90 Å². The first-order valence-electron chi connectivity index (χ1n) is 7.27. The normalized spacial score (nSPS) is 21.7. The molecule has 1 aliphatic heterocycles. The summed E-state index contributed by atoms with van der Waals surface area (Å²) in [7, 11) is 0. The highest BCUT2D eigenvalue weighted by molar-refractivity contribution is 4.79. The van der Waals surface area contributed by atoms with Gasteiger partial charge in [-0.05, 0) is 56.1 Å². The molecule has 1 fully saturated rings. The molecule has 0 aromatic heterocycles. The van der Waals surface area contributed by atoms with Gasteiger partial charge in [0, 0.05) is 6.54 Å². The van der Waals surface area contributed by atoms with Crippen LogP contribution in [0.1, 0.15) is 59.8 Å². The monoisotopic (exact) mass is 240 g/mol. The van der Waals surface area contributed by atoms with Crippen LogP contribution in [0.25, 0.3) is 0 Å². The van der Waals surface area contributed by atoms with Crippen LogP contribution in [0, 0.1) is 10.8 Å². The lowest BCUT2D eigenvalue weighted by Gasteiger charge is -2.38. The standard InChI is InChI=1S/C15H32N2/c1-14(2,12-16)8-5-6-10-17-11-7-9-15(3,4)13-17/h5-13,16H2,1-4H3. The second-order valence-corrected chi connectivity index (χ2v) is 7.37. The Morgan fingerprint density at radius 3 is 2.53 bits per heavy atom. The number of nitrogens with zero attached hydrogens (tertiary/aromatic N) is 1. The Hall–Kier alpha value is -0.0800. The van der Waals surface area contributed by atoms with Gasteiger partial charge in [-0.15, -0.1) is 0 Å². The predicted molar refractivity (Wildman–Crippen MR) is 76.1 cm³/mol. The third-order valence-electron chi connectivity index (χ3n) is 4.11. The number of hydrogen-bond donors (Lipinski definition) is 1. The van der Waals surface area contributed by atoms with Crippen LogP contribution in [0.3, 0.4) is 0 Å². The van der Waals surface area contributed by atoms with E-state index in [-0.39, 0.29) is 0 Å². The zero-order valence-electron chi connectivity index (χ0n) is 12.4. The van der Waals surface area contributed by atoms with Gasteiger partial charge in [0.05, 0.1) is 0 Å². The van der Waals surface area contributed by atoms with Gasteiger partial charge in [0.2, 0.25) is 0 Å². The summed E-state index contributed by atoms with van der Waals surface area (Å²) < 4.78 is 0. The van der Waals surface area contributed by atoms with Gasteiger partial charge >= 0.3 is 0 Å². The molecule has 0 aromatic rings. The van der Waals surface area contributed by atoms with Gasteiger partial charge in [-0.1, -0.05) is 34.1 Å². The molecular weight excluding hydrogens is 208 g/mol. The first-order chi connectivity index (χ1) is 7.85. The Morgan fingerprint density at radius 2 is 1.94 bits per heavy atom. The van der Waals surface area contributed by atoms with Crippen LogP contribution in [0.5, 0.6) is 0 Å². The Labute approximate surface area is 108 Å². The molecule has 0 aromatic carbocycles. The van der Waals surface area contributed by atoms with Crippen molar-refractivity contribution in [3.8, 4) is 0 Å². The first-order valence-corrected chi connectivity index (χ1v) is 7.27. The van der Waals surface area contributed by atoms with E-state index in [1.807, 2.05) is 0 Å². The van der Waals surface area contributed by atoms with Crippen molar-refractivity contribution in [3.63, 3.8) is 0 Å². The van der Waals surface area contributed by atoms with Crippen LogP contribution in [0.2, 0.25) is 0 Å². The second-order valence-electron chi connectivity index (χ2n) is 7.37. The van der Waals surface area contributed by atoms with Crippen molar-refractivity contribution in [2.75, 3.05) is 26.2 Å². The van der Waals surface area contributed by atoms with E-state index in [2.05, 4.69) is 32.6 Å². The molecule has 2 heteroatoms. The smallest absolute Gasteiger partial charge is 0.00327 e. The van der Waals surface area contributed by atoms with Crippen molar-refractivity contribution in [1.29, 1.82) is 0 Å². The maximum atomic E-state index is 5.76. The zero-order chi connectivity index (χ0) is 12.9. The van der Waals surface area contributed by atoms with Gasteiger partial charge in [-0.2, -0.15) is 0 Å². The molecule has 0 spiro atoms. The minimum absolute atomic E-state index is 0.334. The van der Waals surface area contributed by atoms with Crippen LogP contribution in [-0.2, 0) is 0 Å². The average molecular weight is 240 g/mol. The van der Waals surface area contributed by atoms with Crippen LogP contribution < -0.4 is 5.73 Å². The van der Waals surface area contributed by atoms with Gasteiger partial charge in [0.1, 0.15) is 0 Å². The third-order valence-corrected chi connectivity index (χ3v) is 4.11. The zero-order valence-corrected chi connectivity index (χ0v) is 12.4. The number of piperidine rings is 1. The molecule has 0 amide bonds. The van der Waals surface area contributed by atoms with E-state index in [4.69, 9.17) is 5.73 Å². The largest absolute Gasteiger partial charge is 0.330 e. The molecule has 1 rings (SSSR count). The van der Waals surface area contributed by atoms with E-state index in [9.17, 15) is 0 Å². The fourth-order valence-electron chi connectivity index (χ4n) is 2.78. The maximum Gasteiger partial charge on any atom is 0.00327 e. The molecule has 1 saturated heterocycles. The number of nitrogens with two attached hydrogens (primary N) is 1. The highest BCUT2D eigenvalue weighted by Gasteiger charge is 2.25. The molecule has 0 radical (unpaired) electrons. The predicted octanol–water partition coefficient (Wildman–Crippen LogP) is 3.26. The molecule has 1 aliphatic rings. The summed E-state index contributed by atoms with van der Waals surface area (Å²) in [4.78, 5) is 2.65. The summed E-state index contributed by atoms with van der Waals surface area (Å²) in [5.41, 5.74) is 6.63. The maximum absolute atomic E-state index is 5.76. The quantitative estimate of drug-likeness (QED) is 0.722. The van der Waals surface area contributed by atoms with Crippen LogP contribution in [-0.4, -0.2) is 31.1 Å². The first kappa shape index (κ1) is 15.0. The molecule has 0 unspecified atom stereocenters. The summed E-state index contributed by atoms with van der Waals surface area (Å²) in [6.45, 7) is 14.0. The lowest BCUT2D eigenvalue weighted by atomic mass is 9.84. The molecule has 1 heterocycles. The minimum atomic E-state index is 0.334. The molecule has 0 aliphatic carbocycles. The van der Waals surface area contributed by atoms with Gasteiger partial charge in [-0.25, -0.2) is 0 Å². The summed E-state index contributed by atoms with van der Waals surface area (Å²) in [5, 5.41) is 0. The number of hydrogen-bond acceptors (Lipinski definition) is 2. The van der Waals surface area contributed by atoms with Gasteiger partial charge in [-0.3, -0.25) is 0 Å². The molecular formula is C15H32N2. The van der Waals surface area contributed by atoms with Gasteiger partial charge < -0.3 is 10.6 Å². The number of unbranched alkanes of at least 4 members (excludes halogenated alkanes) is 1. The number of likely N-dealkylation sites (tertiary alicyclic amines) is 1. The average Bonchev–Trinajstić information content (AvgIpc) is 2.23. The molecule has 0 atom stereocenters. The van der Waals surface area contributed by atoms with E-state index in [0.29, 0.717) is 10.8 Å². The third kappa shape index (κ3) is 5.87. The van der Waals surface area contributed by atoms with Crippen molar-refractivity contribution in [3.05, 3.63) is 0 Å². The summed E-state index contributed by atoms with van der Waals surface area (Å²) in [6.07, 6.45) is 6.69. The van der Waals surface area contributed by atoms with E-state index in [0.717, 1.165) is 6.54 Å². The van der Waals surface area contributed by atoms with Gasteiger partial charge in [0.25, 0.3) is 0 Å². The van der Waals surface area contributed by atoms with Gasteiger partial charge in [0.15, 0.2) is 0 Å². The fraction of sp³-hybridized carbons (Fsp3) is 1.00. The second kappa shape index (κ2) is 6.19. The SMILES string of the molecule is CC(C)(CN)CCCCN1CCCC(C)(C)C1. The molecule has 17 heavy (non-hydrogen) atoms. The Balaban J connectivity index is 2.15. The van der Waals surface area contributed by atoms with E-state index < -0.39 is 0 Å². The van der Waals surface area contributed by atoms with Crippen molar-refractivity contribution >= 4 is 0 Å². The van der Waals surface area contributed by atoms with E-state index in [1.54, 1.807) is 0 Å². The highest BCUT2D eigenvalue weighted by atomic mass is 15.1. The number of rotatable bonds is 6. The summed E-state index contributed by atoms with van der Waals surface area (Å²) >= 11 is 0. The minimum Gasteiger partial charge on any atom is -0.330 e. The topological polar surface area (TPSA) is 29.3 Å². The Morgan fingerprint density at radius 1 is 1.24 bits per heavy atom. The molecule has 0 saturated carbocycles. The molecule has 2 N–H and O–H groups in total. The van der Waals surface area contributed by atoms with E-state index in [1.165, 1.54) is 51.7 Å². The summed E-state index contributed by atoms with van der Waals surface area (Å²) in [5.74, 6) is 0.